The first kappa shape index (κ1) is 9.31. The molecule has 2 rings (SSSR count). The van der Waals surface area contributed by atoms with E-state index in [2.05, 4.69) is 5.32 Å². The Morgan fingerprint density at radius 2 is 2.00 bits per heavy atom. The fourth-order valence-corrected chi connectivity index (χ4v) is 1.97. The van der Waals surface area contributed by atoms with Crippen molar-refractivity contribution in [2.45, 2.75) is 31.7 Å². The lowest BCUT2D eigenvalue weighted by Gasteiger charge is -2.15. The number of nitrogen functional groups attached to an aromatic ring is 1. The van der Waals surface area contributed by atoms with E-state index in [1.54, 1.807) is 12.1 Å². The van der Waals surface area contributed by atoms with E-state index in [1.165, 1.54) is 18.9 Å². The van der Waals surface area contributed by atoms with Gasteiger partial charge in [-0.3, -0.25) is 0 Å². The first-order valence-electron chi connectivity index (χ1n) is 5.08. The number of hydrogen-bond acceptors (Lipinski definition) is 2. The van der Waals surface area contributed by atoms with Gasteiger partial charge in [0.25, 0.3) is 0 Å². The first-order chi connectivity index (χ1) is 6.77. The van der Waals surface area contributed by atoms with Gasteiger partial charge in [0.1, 0.15) is 5.82 Å². The van der Waals surface area contributed by atoms with Gasteiger partial charge < -0.3 is 11.1 Å². The second kappa shape index (κ2) is 3.86. The van der Waals surface area contributed by atoms with Gasteiger partial charge in [0.15, 0.2) is 0 Å². The summed E-state index contributed by atoms with van der Waals surface area (Å²) in [5.74, 6) is -0.253. The Bertz CT molecular complexity index is 299. The molecule has 0 unspecified atom stereocenters. The zero-order chi connectivity index (χ0) is 9.97. The average Bonchev–Trinajstić information content (AvgIpc) is 2.64. The van der Waals surface area contributed by atoms with Crippen LogP contribution in [0.5, 0.6) is 0 Å². The zero-order valence-corrected chi connectivity index (χ0v) is 8.09. The standard InChI is InChI=1S/C11H15FN2/c12-9-6-3-7-10(13)11(9)14-8-4-1-2-5-8/h3,6-8,14H,1-2,4-5,13H2. The quantitative estimate of drug-likeness (QED) is 0.710. The number of nitrogens with one attached hydrogen (secondary N) is 1. The molecule has 0 aromatic heterocycles. The third-order valence-electron chi connectivity index (χ3n) is 2.75. The van der Waals surface area contributed by atoms with Crippen molar-refractivity contribution >= 4 is 11.4 Å². The molecule has 2 nitrogen and oxygen atoms in total. The second-order valence-corrected chi connectivity index (χ2v) is 3.83. The number of hydrogen-bond donors (Lipinski definition) is 2. The summed E-state index contributed by atoms with van der Waals surface area (Å²) in [6, 6.07) is 5.19. The minimum absolute atomic E-state index is 0.253. The number of para-hydroxylation sites is 1. The van der Waals surface area contributed by atoms with Crippen molar-refractivity contribution < 1.29 is 4.39 Å². The molecular weight excluding hydrogens is 179 g/mol. The third kappa shape index (κ3) is 1.81. The predicted molar refractivity (Wildman–Crippen MR) is 56.7 cm³/mol. The van der Waals surface area contributed by atoms with Crippen LogP contribution in [0.1, 0.15) is 25.7 Å². The summed E-state index contributed by atoms with van der Waals surface area (Å²) < 4.78 is 13.4. The monoisotopic (exact) mass is 194 g/mol. The van der Waals surface area contributed by atoms with Crippen molar-refractivity contribution in [3.8, 4) is 0 Å². The van der Waals surface area contributed by atoms with E-state index in [9.17, 15) is 4.39 Å². The predicted octanol–water partition coefficient (Wildman–Crippen LogP) is 2.76. The number of nitrogens with two attached hydrogens (primary N) is 1. The van der Waals surface area contributed by atoms with E-state index in [4.69, 9.17) is 5.73 Å². The summed E-state index contributed by atoms with van der Waals surface area (Å²) in [6.45, 7) is 0. The molecule has 1 aliphatic rings. The molecule has 0 bridgehead atoms. The van der Waals surface area contributed by atoms with Crippen LogP contribution in [-0.4, -0.2) is 6.04 Å². The molecule has 1 saturated carbocycles. The molecule has 14 heavy (non-hydrogen) atoms. The Labute approximate surface area is 83.3 Å². The zero-order valence-electron chi connectivity index (χ0n) is 8.09. The van der Waals surface area contributed by atoms with Gasteiger partial charge in [-0.05, 0) is 25.0 Å². The summed E-state index contributed by atoms with van der Waals surface area (Å²) in [5, 5.41) is 3.18. The Morgan fingerprint density at radius 1 is 1.29 bits per heavy atom. The minimum atomic E-state index is -0.253. The molecule has 1 aromatic rings. The maximum Gasteiger partial charge on any atom is 0.148 e. The molecule has 0 saturated heterocycles. The van der Waals surface area contributed by atoms with Crippen LogP contribution in [0.25, 0.3) is 0 Å². The summed E-state index contributed by atoms with van der Waals surface area (Å²) in [5.41, 5.74) is 6.67. The molecular formula is C11H15FN2. The topological polar surface area (TPSA) is 38.0 Å². The van der Waals surface area contributed by atoms with Crippen LogP contribution in [0.15, 0.2) is 18.2 Å². The maximum absolute atomic E-state index is 13.4. The van der Waals surface area contributed by atoms with Gasteiger partial charge in [0, 0.05) is 6.04 Å². The molecule has 0 spiro atoms. The van der Waals surface area contributed by atoms with E-state index in [0.29, 0.717) is 17.4 Å². The van der Waals surface area contributed by atoms with Crippen LogP contribution >= 0.6 is 0 Å². The number of halogens is 1. The largest absolute Gasteiger partial charge is 0.397 e. The Balaban J connectivity index is 2.14. The van der Waals surface area contributed by atoms with Crippen molar-refractivity contribution in [1.29, 1.82) is 0 Å². The van der Waals surface area contributed by atoms with Crippen molar-refractivity contribution in [1.82, 2.24) is 0 Å². The highest BCUT2D eigenvalue weighted by Crippen LogP contribution is 2.27. The molecule has 0 amide bonds. The van der Waals surface area contributed by atoms with Gasteiger partial charge in [-0.2, -0.15) is 0 Å². The Hall–Kier alpha value is -1.25. The summed E-state index contributed by atoms with van der Waals surface area (Å²) in [7, 11) is 0. The number of rotatable bonds is 2. The minimum Gasteiger partial charge on any atom is -0.397 e. The van der Waals surface area contributed by atoms with Gasteiger partial charge in [-0.25, -0.2) is 4.39 Å². The maximum atomic E-state index is 13.4. The lowest BCUT2D eigenvalue weighted by Crippen LogP contribution is -2.16. The third-order valence-corrected chi connectivity index (χ3v) is 2.75. The lowest BCUT2D eigenvalue weighted by molar-refractivity contribution is 0.625. The summed E-state index contributed by atoms with van der Waals surface area (Å²) in [4.78, 5) is 0. The lowest BCUT2D eigenvalue weighted by atomic mass is 10.2. The number of benzene rings is 1. The van der Waals surface area contributed by atoms with Crippen LogP contribution in [0.4, 0.5) is 15.8 Å². The highest BCUT2D eigenvalue weighted by atomic mass is 19.1. The molecule has 0 aliphatic heterocycles. The molecule has 76 valence electrons. The fourth-order valence-electron chi connectivity index (χ4n) is 1.97. The Kier molecular flexibility index (Phi) is 2.57. The highest BCUT2D eigenvalue weighted by molar-refractivity contribution is 5.66. The van der Waals surface area contributed by atoms with E-state index in [0.717, 1.165) is 12.8 Å². The fraction of sp³-hybridized carbons (Fsp3) is 0.455. The van der Waals surface area contributed by atoms with E-state index in [1.807, 2.05) is 0 Å². The van der Waals surface area contributed by atoms with Crippen LogP contribution in [0.3, 0.4) is 0 Å². The van der Waals surface area contributed by atoms with Gasteiger partial charge in [-0.15, -0.1) is 0 Å². The molecule has 0 heterocycles. The van der Waals surface area contributed by atoms with Crippen molar-refractivity contribution in [2.75, 3.05) is 11.1 Å². The van der Waals surface area contributed by atoms with Gasteiger partial charge >= 0.3 is 0 Å². The van der Waals surface area contributed by atoms with Gasteiger partial charge in [0.2, 0.25) is 0 Å². The summed E-state index contributed by atoms with van der Waals surface area (Å²) >= 11 is 0. The van der Waals surface area contributed by atoms with E-state index < -0.39 is 0 Å². The van der Waals surface area contributed by atoms with Gasteiger partial charge in [-0.1, -0.05) is 18.9 Å². The molecule has 1 fully saturated rings. The smallest absolute Gasteiger partial charge is 0.148 e. The van der Waals surface area contributed by atoms with Crippen LogP contribution in [0.2, 0.25) is 0 Å². The molecule has 0 radical (unpaired) electrons. The SMILES string of the molecule is Nc1cccc(F)c1NC1CCCC1. The van der Waals surface area contributed by atoms with Crippen molar-refractivity contribution in [2.24, 2.45) is 0 Å². The van der Waals surface area contributed by atoms with Crippen LogP contribution in [-0.2, 0) is 0 Å². The second-order valence-electron chi connectivity index (χ2n) is 3.83. The Morgan fingerprint density at radius 3 is 2.64 bits per heavy atom. The molecule has 3 N–H and O–H groups in total. The van der Waals surface area contributed by atoms with Crippen LogP contribution in [0, 0.1) is 5.82 Å². The molecule has 3 heteroatoms. The van der Waals surface area contributed by atoms with Crippen LogP contribution < -0.4 is 11.1 Å². The molecule has 0 atom stereocenters. The number of anilines is 2. The normalized spacial score (nSPS) is 17.2. The molecule has 1 aromatic carbocycles. The van der Waals surface area contributed by atoms with Gasteiger partial charge in [0.05, 0.1) is 11.4 Å². The van der Waals surface area contributed by atoms with E-state index in [-0.39, 0.29) is 5.82 Å². The summed E-state index contributed by atoms with van der Waals surface area (Å²) in [6.07, 6.45) is 4.69. The first-order valence-corrected chi connectivity index (χ1v) is 5.08. The van der Waals surface area contributed by atoms with Crippen molar-refractivity contribution in [3.63, 3.8) is 0 Å². The van der Waals surface area contributed by atoms with Crippen molar-refractivity contribution in [3.05, 3.63) is 24.0 Å². The average molecular weight is 194 g/mol. The highest BCUT2D eigenvalue weighted by Gasteiger charge is 2.17. The van der Waals surface area contributed by atoms with E-state index >= 15 is 0 Å². The molecule has 1 aliphatic carbocycles.